The van der Waals surface area contributed by atoms with E-state index in [1.165, 1.54) is 10.5 Å². The Bertz CT molecular complexity index is 758. The lowest BCUT2D eigenvalue weighted by Gasteiger charge is -2.23. The Morgan fingerprint density at radius 3 is 2.73 bits per heavy atom. The van der Waals surface area contributed by atoms with Crippen LogP contribution in [-0.2, 0) is 25.6 Å². The van der Waals surface area contributed by atoms with Gasteiger partial charge in [0.1, 0.15) is 12.6 Å². The number of amides is 2. The van der Waals surface area contributed by atoms with Crippen molar-refractivity contribution < 1.29 is 24.2 Å². The largest absolute Gasteiger partial charge is 0.391 e. The standard InChI is InChI=1S/C21H29N3O5S/c1-14-20(30-13-23-14)16-5-3-15(4-6-16)10-22-21(27)18-9-17(25)11-24(18)19(26)12-29-8-7-28-2/h3-6,13-14,17-18,20,25H,7-12H2,1-2H3,(H,22,27). The van der Waals surface area contributed by atoms with Gasteiger partial charge < -0.3 is 24.8 Å². The van der Waals surface area contributed by atoms with E-state index >= 15 is 0 Å². The third-order valence-corrected chi connectivity index (χ3v) is 6.48. The van der Waals surface area contributed by atoms with Crippen molar-refractivity contribution in [2.24, 2.45) is 4.99 Å². The summed E-state index contributed by atoms with van der Waals surface area (Å²) in [6.07, 6.45) is -0.484. The number of aliphatic hydroxyl groups is 1. The number of thioether (sulfide) groups is 1. The van der Waals surface area contributed by atoms with Crippen molar-refractivity contribution in [3.63, 3.8) is 0 Å². The van der Waals surface area contributed by atoms with Crippen LogP contribution in [-0.4, -0.2) is 79.0 Å². The lowest BCUT2D eigenvalue weighted by Crippen LogP contribution is -2.47. The fourth-order valence-corrected chi connectivity index (χ4v) is 4.61. The number of nitrogens with zero attached hydrogens (tertiary/aromatic N) is 2. The number of rotatable bonds is 9. The van der Waals surface area contributed by atoms with Crippen LogP contribution >= 0.6 is 11.8 Å². The van der Waals surface area contributed by atoms with Gasteiger partial charge in [-0.15, -0.1) is 11.8 Å². The highest BCUT2D eigenvalue weighted by atomic mass is 32.2. The van der Waals surface area contributed by atoms with E-state index in [-0.39, 0.29) is 37.4 Å². The first-order valence-corrected chi connectivity index (χ1v) is 11.0. The number of aliphatic imine (C=N–C) groups is 1. The van der Waals surface area contributed by atoms with Crippen molar-refractivity contribution in [1.29, 1.82) is 0 Å². The Balaban J connectivity index is 1.51. The lowest BCUT2D eigenvalue weighted by molar-refractivity contribution is -0.142. The number of β-amino-alcohol motifs (C(OH)–C–C–N with tert-alkyl or cyclic N) is 1. The van der Waals surface area contributed by atoms with E-state index in [1.807, 2.05) is 17.7 Å². The maximum atomic E-state index is 12.7. The molecule has 4 unspecified atom stereocenters. The molecule has 2 N–H and O–H groups in total. The van der Waals surface area contributed by atoms with Gasteiger partial charge in [-0.2, -0.15) is 0 Å². The zero-order chi connectivity index (χ0) is 21.5. The monoisotopic (exact) mass is 435 g/mol. The maximum absolute atomic E-state index is 12.7. The number of ether oxygens (including phenoxy) is 2. The highest BCUT2D eigenvalue weighted by Gasteiger charge is 2.38. The molecular formula is C21H29N3O5S. The second-order valence-corrected chi connectivity index (χ2v) is 8.50. The van der Waals surface area contributed by atoms with Gasteiger partial charge in [-0.25, -0.2) is 0 Å². The first kappa shape index (κ1) is 22.7. The molecule has 1 saturated heterocycles. The first-order valence-electron chi connectivity index (χ1n) is 10.1. The van der Waals surface area contributed by atoms with Crippen molar-refractivity contribution in [2.45, 2.75) is 43.3 Å². The highest BCUT2D eigenvalue weighted by Crippen LogP contribution is 2.36. The number of likely N-dealkylation sites (tertiary alicyclic amines) is 1. The van der Waals surface area contributed by atoms with Gasteiger partial charge in [0, 0.05) is 26.6 Å². The third kappa shape index (κ3) is 5.81. The van der Waals surface area contributed by atoms with Crippen LogP contribution in [0.1, 0.15) is 29.7 Å². The maximum Gasteiger partial charge on any atom is 0.249 e. The minimum atomic E-state index is -0.712. The van der Waals surface area contributed by atoms with Crippen LogP contribution in [0, 0.1) is 0 Å². The van der Waals surface area contributed by atoms with Crippen molar-refractivity contribution in [2.75, 3.05) is 33.5 Å². The molecular weight excluding hydrogens is 406 g/mol. The molecule has 4 atom stereocenters. The van der Waals surface area contributed by atoms with Crippen molar-refractivity contribution in [3.05, 3.63) is 35.4 Å². The Hall–Kier alpha value is -1.94. The molecule has 2 aliphatic heterocycles. The summed E-state index contributed by atoms with van der Waals surface area (Å²) in [5.41, 5.74) is 4.09. The van der Waals surface area contributed by atoms with Gasteiger partial charge >= 0.3 is 0 Å². The summed E-state index contributed by atoms with van der Waals surface area (Å²) >= 11 is 1.72. The Morgan fingerprint density at radius 1 is 1.30 bits per heavy atom. The van der Waals surface area contributed by atoms with Gasteiger partial charge in [-0.05, 0) is 18.1 Å². The van der Waals surface area contributed by atoms with E-state index in [0.29, 0.717) is 25.0 Å². The van der Waals surface area contributed by atoms with Gasteiger partial charge in [0.2, 0.25) is 11.8 Å². The SMILES string of the molecule is COCCOCC(=O)N1CC(O)CC1C(=O)NCc1ccc(C2SC=NC2C)cc1. The molecule has 0 saturated carbocycles. The second kappa shape index (κ2) is 10.9. The van der Waals surface area contributed by atoms with Gasteiger partial charge in [0.25, 0.3) is 0 Å². The molecule has 1 fully saturated rings. The van der Waals surface area contributed by atoms with E-state index in [0.717, 1.165) is 5.56 Å². The van der Waals surface area contributed by atoms with Crippen LogP contribution in [0.3, 0.4) is 0 Å². The van der Waals surface area contributed by atoms with Crippen LogP contribution in [0.15, 0.2) is 29.3 Å². The normalized spacial score (nSPS) is 25.6. The van der Waals surface area contributed by atoms with E-state index in [1.54, 1.807) is 18.9 Å². The van der Waals surface area contributed by atoms with E-state index in [4.69, 9.17) is 9.47 Å². The quantitative estimate of drug-likeness (QED) is 0.564. The molecule has 2 amide bonds. The Kier molecular flexibility index (Phi) is 8.26. The molecule has 0 radical (unpaired) electrons. The summed E-state index contributed by atoms with van der Waals surface area (Å²) < 4.78 is 10.1. The summed E-state index contributed by atoms with van der Waals surface area (Å²) in [6.45, 7) is 3.16. The predicted molar refractivity (Wildman–Crippen MR) is 115 cm³/mol. The minimum Gasteiger partial charge on any atom is -0.391 e. The highest BCUT2D eigenvalue weighted by molar-refractivity contribution is 8.12. The molecule has 30 heavy (non-hydrogen) atoms. The number of methoxy groups -OCH3 is 1. The Labute approximate surface area is 181 Å². The van der Waals surface area contributed by atoms with Crippen LogP contribution in [0.5, 0.6) is 0 Å². The van der Waals surface area contributed by atoms with Gasteiger partial charge in [0.05, 0.1) is 36.2 Å². The van der Waals surface area contributed by atoms with Crippen molar-refractivity contribution in [3.8, 4) is 0 Å². The molecule has 9 heteroatoms. The summed E-state index contributed by atoms with van der Waals surface area (Å²) in [5, 5.41) is 13.2. The van der Waals surface area contributed by atoms with E-state index in [9.17, 15) is 14.7 Å². The van der Waals surface area contributed by atoms with Gasteiger partial charge in [-0.1, -0.05) is 24.3 Å². The molecule has 1 aromatic rings. The lowest BCUT2D eigenvalue weighted by atomic mass is 10.0. The number of hydrogen-bond donors (Lipinski definition) is 2. The van der Waals surface area contributed by atoms with Crippen LogP contribution < -0.4 is 5.32 Å². The Morgan fingerprint density at radius 2 is 2.07 bits per heavy atom. The summed E-state index contributed by atoms with van der Waals surface area (Å²) in [7, 11) is 1.55. The molecule has 2 aliphatic rings. The number of carbonyl (C=O) groups is 2. The number of nitrogens with one attached hydrogen (secondary N) is 1. The molecule has 0 spiro atoms. The van der Waals surface area contributed by atoms with Gasteiger partial charge in [-0.3, -0.25) is 14.6 Å². The number of aliphatic hydroxyl groups excluding tert-OH is 1. The number of hydrogen-bond acceptors (Lipinski definition) is 7. The number of carbonyl (C=O) groups excluding carboxylic acids is 2. The number of benzene rings is 1. The molecule has 0 aliphatic carbocycles. The summed E-state index contributed by atoms with van der Waals surface area (Å²) in [6, 6.07) is 7.70. The zero-order valence-electron chi connectivity index (χ0n) is 17.3. The second-order valence-electron chi connectivity index (χ2n) is 7.51. The van der Waals surface area contributed by atoms with Crippen molar-refractivity contribution >= 4 is 29.1 Å². The average molecular weight is 436 g/mol. The summed E-state index contributed by atoms with van der Waals surface area (Å²) in [5.74, 6) is -0.577. The van der Waals surface area contributed by atoms with Gasteiger partial charge in [0.15, 0.2) is 0 Å². The third-order valence-electron chi connectivity index (χ3n) is 5.28. The van der Waals surface area contributed by atoms with Crippen LogP contribution in [0.4, 0.5) is 0 Å². The molecule has 3 rings (SSSR count). The molecule has 2 heterocycles. The summed E-state index contributed by atoms with van der Waals surface area (Å²) in [4.78, 5) is 30.9. The average Bonchev–Trinajstić information content (AvgIpc) is 3.35. The molecule has 0 aromatic heterocycles. The van der Waals surface area contributed by atoms with E-state index < -0.39 is 12.1 Å². The molecule has 8 nitrogen and oxygen atoms in total. The minimum absolute atomic E-state index is 0.136. The fourth-order valence-electron chi connectivity index (χ4n) is 3.60. The molecule has 164 valence electrons. The molecule has 0 bridgehead atoms. The smallest absolute Gasteiger partial charge is 0.249 e. The van der Waals surface area contributed by atoms with E-state index in [2.05, 4.69) is 29.4 Å². The topological polar surface area (TPSA) is 100 Å². The predicted octanol–water partition coefficient (Wildman–Crippen LogP) is 1.13. The first-order chi connectivity index (χ1) is 14.5. The zero-order valence-corrected chi connectivity index (χ0v) is 18.1. The fraction of sp³-hybridized carbons (Fsp3) is 0.571. The van der Waals surface area contributed by atoms with Crippen molar-refractivity contribution in [1.82, 2.24) is 10.2 Å². The van der Waals surface area contributed by atoms with Crippen LogP contribution in [0.25, 0.3) is 0 Å². The van der Waals surface area contributed by atoms with Crippen LogP contribution in [0.2, 0.25) is 0 Å². The molecule has 1 aromatic carbocycles.